The van der Waals surface area contributed by atoms with Crippen molar-refractivity contribution in [1.29, 1.82) is 5.26 Å². The lowest BCUT2D eigenvalue weighted by atomic mass is 10.1. The number of nitrogens with zero attached hydrogens (tertiary/aromatic N) is 2. The van der Waals surface area contributed by atoms with Gasteiger partial charge in [0.1, 0.15) is 0 Å². The van der Waals surface area contributed by atoms with E-state index in [1.807, 2.05) is 6.07 Å². The topological polar surface area (TPSA) is 73.2 Å². The lowest BCUT2D eigenvalue weighted by molar-refractivity contribution is 0.300. The molecule has 1 atom stereocenters. The number of piperidine rings is 1. The molecule has 5 nitrogen and oxygen atoms in total. The minimum absolute atomic E-state index is 0.00278. The van der Waals surface area contributed by atoms with Crippen LogP contribution in [0, 0.1) is 11.3 Å². The van der Waals surface area contributed by atoms with Crippen molar-refractivity contribution in [1.82, 2.24) is 9.62 Å². The van der Waals surface area contributed by atoms with Crippen molar-refractivity contribution in [3.05, 3.63) is 35.4 Å². The fourth-order valence-electron chi connectivity index (χ4n) is 2.42. The molecule has 0 aromatic heterocycles. The molecule has 108 valence electrons. The fraction of sp³-hybridized carbons (Fsp3) is 0.500. The number of benzene rings is 1. The first-order chi connectivity index (χ1) is 9.54. The Kier molecular flexibility index (Phi) is 4.76. The first kappa shape index (κ1) is 15.0. The molecule has 1 aromatic rings. The van der Waals surface area contributed by atoms with Crippen LogP contribution in [0.2, 0.25) is 0 Å². The number of hydrogen-bond acceptors (Lipinski definition) is 4. The van der Waals surface area contributed by atoms with Crippen molar-refractivity contribution in [3.8, 4) is 6.07 Å². The van der Waals surface area contributed by atoms with Crippen LogP contribution in [0.5, 0.6) is 0 Å². The van der Waals surface area contributed by atoms with Gasteiger partial charge in [-0.15, -0.1) is 0 Å². The fourth-order valence-corrected chi connectivity index (χ4v) is 3.91. The third kappa shape index (κ3) is 3.37. The average molecular weight is 293 g/mol. The minimum atomic E-state index is -3.40. The quantitative estimate of drug-likeness (QED) is 0.901. The van der Waals surface area contributed by atoms with Crippen LogP contribution in [-0.2, 0) is 15.8 Å². The van der Waals surface area contributed by atoms with E-state index in [-0.39, 0.29) is 11.8 Å². The predicted molar refractivity (Wildman–Crippen MR) is 77.4 cm³/mol. The number of nitrogens with one attached hydrogen (secondary N) is 1. The molecule has 1 unspecified atom stereocenters. The van der Waals surface area contributed by atoms with Crippen molar-refractivity contribution in [3.63, 3.8) is 0 Å². The lowest BCUT2D eigenvalue weighted by Gasteiger charge is -2.31. The van der Waals surface area contributed by atoms with Crippen LogP contribution in [0.1, 0.15) is 24.0 Å². The molecule has 6 heteroatoms. The molecule has 0 saturated carbocycles. The van der Waals surface area contributed by atoms with Crippen LogP contribution in [0.15, 0.2) is 24.3 Å². The maximum Gasteiger partial charge on any atom is 0.218 e. The number of likely N-dealkylation sites (N-methyl/N-ethyl adjacent to an activating group) is 1. The Labute approximate surface area is 120 Å². The van der Waals surface area contributed by atoms with Gasteiger partial charge in [-0.3, -0.25) is 0 Å². The Morgan fingerprint density at radius 2 is 2.20 bits per heavy atom. The highest BCUT2D eigenvalue weighted by atomic mass is 32.2. The Balaban J connectivity index is 2.16. The summed E-state index contributed by atoms with van der Waals surface area (Å²) in [7, 11) is -1.78. The molecule has 1 fully saturated rings. The summed E-state index contributed by atoms with van der Waals surface area (Å²) in [6, 6.07) is 8.88. The van der Waals surface area contributed by atoms with Gasteiger partial charge < -0.3 is 5.32 Å². The molecule has 1 aliphatic heterocycles. The van der Waals surface area contributed by atoms with E-state index in [1.165, 1.54) is 4.31 Å². The molecule has 20 heavy (non-hydrogen) atoms. The third-order valence-corrected chi connectivity index (χ3v) is 5.55. The van der Waals surface area contributed by atoms with Gasteiger partial charge in [-0.05, 0) is 31.0 Å². The van der Waals surface area contributed by atoms with Crippen molar-refractivity contribution in [2.75, 3.05) is 20.1 Å². The van der Waals surface area contributed by atoms with E-state index in [0.717, 1.165) is 19.4 Å². The summed E-state index contributed by atoms with van der Waals surface area (Å²) in [5, 5.41) is 12.2. The van der Waals surface area contributed by atoms with Crippen LogP contribution < -0.4 is 5.32 Å². The molecule has 0 radical (unpaired) electrons. The number of sulfonamides is 1. The summed E-state index contributed by atoms with van der Waals surface area (Å²) >= 11 is 0. The van der Waals surface area contributed by atoms with E-state index in [0.29, 0.717) is 17.7 Å². The maximum atomic E-state index is 12.5. The molecule has 1 heterocycles. The third-order valence-electron chi connectivity index (χ3n) is 3.70. The van der Waals surface area contributed by atoms with Crippen LogP contribution in [0.25, 0.3) is 0 Å². The second kappa shape index (κ2) is 6.35. The predicted octanol–water partition coefficient (Wildman–Crippen LogP) is 1.07. The Bertz CT molecular complexity index is 601. The average Bonchev–Trinajstić information content (AvgIpc) is 2.47. The van der Waals surface area contributed by atoms with Gasteiger partial charge in [0, 0.05) is 19.6 Å². The second-order valence-electron chi connectivity index (χ2n) is 5.04. The summed E-state index contributed by atoms with van der Waals surface area (Å²) in [6.45, 7) is 1.64. The largest absolute Gasteiger partial charge is 0.315 e. The summed E-state index contributed by atoms with van der Waals surface area (Å²) < 4.78 is 26.4. The number of rotatable bonds is 4. The van der Waals surface area contributed by atoms with Crippen molar-refractivity contribution in [2.45, 2.75) is 24.6 Å². The monoisotopic (exact) mass is 293 g/mol. The molecule has 0 amide bonds. The van der Waals surface area contributed by atoms with Crippen LogP contribution in [0.4, 0.5) is 0 Å². The molecular formula is C14H19N3O2S. The van der Waals surface area contributed by atoms with E-state index >= 15 is 0 Å². The smallest absolute Gasteiger partial charge is 0.218 e. The number of hydrogen-bond donors (Lipinski definition) is 1. The van der Waals surface area contributed by atoms with Gasteiger partial charge >= 0.3 is 0 Å². The zero-order valence-corrected chi connectivity index (χ0v) is 12.4. The van der Waals surface area contributed by atoms with Gasteiger partial charge in [-0.2, -0.15) is 5.26 Å². The molecule has 0 spiro atoms. The highest BCUT2D eigenvalue weighted by Crippen LogP contribution is 2.18. The van der Waals surface area contributed by atoms with Crippen LogP contribution in [-0.4, -0.2) is 38.9 Å². The van der Waals surface area contributed by atoms with Crippen molar-refractivity contribution >= 4 is 10.0 Å². The van der Waals surface area contributed by atoms with Gasteiger partial charge in [0.05, 0.1) is 17.4 Å². The molecule has 1 N–H and O–H groups in total. The molecule has 1 saturated heterocycles. The Hall–Kier alpha value is -1.42. The Morgan fingerprint density at radius 1 is 1.45 bits per heavy atom. The van der Waals surface area contributed by atoms with Crippen LogP contribution >= 0.6 is 0 Å². The SMILES string of the molecule is CN(C1CCCNC1)S(=O)(=O)Cc1ccccc1C#N. The summed E-state index contributed by atoms with van der Waals surface area (Å²) in [5.74, 6) is -0.121. The molecule has 1 aliphatic rings. The Morgan fingerprint density at radius 3 is 2.85 bits per heavy atom. The molecule has 2 rings (SSSR count). The highest BCUT2D eigenvalue weighted by Gasteiger charge is 2.28. The molecule has 1 aromatic carbocycles. The lowest BCUT2D eigenvalue weighted by Crippen LogP contribution is -2.46. The zero-order valence-electron chi connectivity index (χ0n) is 11.5. The van der Waals surface area contributed by atoms with Gasteiger partial charge in [-0.25, -0.2) is 12.7 Å². The van der Waals surface area contributed by atoms with E-state index in [2.05, 4.69) is 5.32 Å². The van der Waals surface area contributed by atoms with E-state index in [4.69, 9.17) is 5.26 Å². The van der Waals surface area contributed by atoms with Crippen molar-refractivity contribution in [2.24, 2.45) is 0 Å². The molecule has 0 aliphatic carbocycles. The first-order valence-corrected chi connectivity index (χ1v) is 8.30. The molecule has 0 bridgehead atoms. The van der Waals surface area contributed by atoms with Gasteiger partial charge in [0.2, 0.25) is 10.0 Å². The standard InChI is InChI=1S/C14H19N3O2S/c1-17(14-7-4-8-16-10-14)20(18,19)11-13-6-3-2-5-12(13)9-15/h2-3,5-6,14,16H,4,7-8,10-11H2,1H3. The summed E-state index contributed by atoms with van der Waals surface area (Å²) in [4.78, 5) is 0. The van der Waals surface area contributed by atoms with Crippen LogP contribution in [0.3, 0.4) is 0 Å². The second-order valence-corrected chi connectivity index (χ2v) is 7.07. The van der Waals surface area contributed by atoms with E-state index in [1.54, 1.807) is 31.3 Å². The van der Waals surface area contributed by atoms with Crippen molar-refractivity contribution < 1.29 is 8.42 Å². The zero-order chi connectivity index (χ0) is 14.6. The maximum absolute atomic E-state index is 12.5. The number of nitriles is 1. The van der Waals surface area contributed by atoms with Gasteiger partial charge in [0.15, 0.2) is 0 Å². The first-order valence-electron chi connectivity index (χ1n) is 6.69. The van der Waals surface area contributed by atoms with E-state index in [9.17, 15) is 8.42 Å². The van der Waals surface area contributed by atoms with E-state index < -0.39 is 10.0 Å². The minimum Gasteiger partial charge on any atom is -0.315 e. The highest BCUT2D eigenvalue weighted by molar-refractivity contribution is 7.88. The van der Waals surface area contributed by atoms with Gasteiger partial charge in [0.25, 0.3) is 0 Å². The summed E-state index contributed by atoms with van der Waals surface area (Å²) in [5.41, 5.74) is 0.983. The van der Waals surface area contributed by atoms with Gasteiger partial charge in [-0.1, -0.05) is 18.2 Å². The normalized spacial score (nSPS) is 19.8. The molecular weight excluding hydrogens is 274 g/mol. The summed E-state index contributed by atoms with van der Waals surface area (Å²) in [6.07, 6.45) is 1.86.